The SMILES string of the molecule is CCNc1nnc(SCC2=C(C(=O)OCC)C(c3ccc(C)o3)NC(=O)N2)s1. The van der Waals surface area contributed by atoms with E-state index in [1.165, 1.54) is 23.1 Å². The highest BCUT2D eigenvalue weighted by Crippen LogP contribution is 2.32. The van der Waals surface area contributed by atoms with Gasteiger partial charge < -0.3 is 25.1 Å². The van der Waals surface area contributed by atoms with Gasteiger partial charge in [-0.25, -0.2) is 9.59 Å². The number of carbonyl (C=O) groups is 2. The molecule has 0 bridgehead atoms. The summed E-state index contributed by atoms with van der Waals surface area (Å²) in [5.74, 6) is 0.989. The van der Waals surface area contributed by atoms with E-state index >= 15 is 0 Å². The lowest BCUT2D eigenvalue weighted by molar-refractivity contribution is -0.139. The summed E-state index contributed by atoms with van der Waals surface area (Å²) in [7, 11) is 0. The number of carbonyl (C=O) groups excluding carboxylic acids is 2. The van der Waals surface area contributed by atoms with Crippen LogP contribution in [0, 0.1) is 6.92 Å². The Bertz CT molecular complexity index is 892. The summed E-state index contributed by atoms with van der Waals surface area (Å²) < 4.78 is 11.6. The first kappa shape index (κ1) is 20.2. The minimum atomic E-state index is -0.719. The molecule has 0 aromatic carbocycles. The molecule has 3 heterocycles. The number of furan rings is 1. The smallest absolute Gasteiger partial charge is 0.338 e. The number of nitrogens with one attached hydrogen (secondary N) is 3. The molecule has 1 unspecified atom stereocenters. The van der Waals surface area contributed by atoms with Crippen LogP contribution in [0.25, 0.3) is 0 Å². The van der Waals surface area contributed by atoms with Gasteiger partial charge in [0.15, 0.2) is 4.34 Å². The molecule has 0 radical (unpaired) electrons. The first-order valence-corrected chi connectivity index (χ1v) is 10.6. The number of esters is 1. The van der Waals surface area contributed by atoms with Crippen molar-refractivity contribution in [2.45, 2.75) is 31.2 Å². The molecule has 150 valence electrons. The lowest BCUT2D eigenvalue weighted by Crippen LogP contribution is -2.46. The molecule has 11 heteroatoms. The molecule has 0 aliphatic carbocycles. The summed E-state index contributed by atoms with van der Waals surface area (Å²) >= 11 is 2.79. The Hall–Kier alpha value is -2.53. The first-order chi connectivity index (χ1) is 13.5. The van der Waals surface area contributed by atoms with E-state index in [1.54, 1.807) is 26.0 Å². The fourth-order valence-electron chi connectivity index (χ4n) is 2.63. The van der Waals surface area contributed by atoms with Gasteiger partial charge in [-0.15, -0.1) is 10.2 Å². The predicted octanol–water partition coefficient (Wildman–Crippen LogP) is 2.83. The number of aromatic nitrogens is 2. The standard InChI is InChI=1S/C17H21N5O4S2/c1-4-18-16-21-22-17(28-16)27-8-10-12(14(23)25-5-2)13(20-15(24)19-10)11-7-6-9(3)26-11/h6-7,13H,4-5,8H2,1-3H3,(H,18,21)(H2,19,20,24). The number of nitrogens with zero attached hydrogens (tertiary/aromatic N) is 2. The van der Waals surface area contributed by atoms with Gasteiger partial charge in [0.25, 0.3) is 0 Å². The maximum atomic E-state index is 12.6. The van der Waals surface area contributed by atoms with Crippen molar-refractivity contribution in [1.29, 1.82) is 0 Å². The molecule has 2 aromatic rings. The second-order valence-corrected chi connectivity index (χ2v) is 7.98. The predicted molar refractivity (Wildman–Crippen MR) is 106 cm³/mol. The lowest BCUT2D eigenvalue weighted by atomic mass is 10.0. The molecule has 1 aliphatic rings. The normalized spacial score (nSPS) is 16.5. The number of aryl methyl sites for hydroxylation is 1. The van der Waals surface area contributed by atoms with Crippen LogP contribution >= 0.6 is 23.1 Å². The van der Waals surface area contributed by atoms with Crippen LogP contribution < -0.4 is 16.0 Å². The molecule has 0 saturated carbocycles. The zero-order valence-corrected chi connectivity index (χ0v) is 17.3. The second kappa shape index (κ2) is 9.11. The van der Waals surface area contributed by atoms with Crippen LogP contribution in [0.2, 0.25) is 0 Å². The number of anilines is 1. The third-order valence-electron chi connectivity index (χ3n) is 3.77. The van der Waals surface area contributed by atoms with Gasteiger partial charge in [0.1, 0.15) is 17.6 Å². The molecule has 2 amide bonds. The van der Waals surface area contributed by atoms with Crippen LogP contribution in [-0.4, -0.2) is 41.1 Å². The van der Waals surface area contributed by atoms with E-state index in [0.29, 0.717) is 28.5 Å². The Kier molecular flexibility index (Phi) is 6.57. The monoisotopic (exact) mass is 423 g/mol. The number of hydrogen-bond acceptors (Lipinski definition) is 9. The summed E-state index contributed by atoms with van der Waals surface area (Å²) in [6, 6.07) is 2.39. The highest BCUT2D eigenvalue weighted by atomic mass is 32.2. The van der Waals surface area contributed by atoms with Gasteiger partial charge >= 0.3 is 12.0 Å². The lowest BCUT2D eigenvalue weighted by Gasteiger charge is -2.27. The molecule has 0 fully saturated rings. The van der Waals surface area contributed by atoms with Gasteiger partial charge in [-0.2, -0.15) is 0 Å². The van der Waals surface area contributed by atoms with Crippen LogP contribution in [0.15, 0.2) is 32.2 Å². The van der Waals surface area contributed by atoms with E-state index in [9.17, 15) is 9.59 Å². The summed E-state index contributed by atoms with van der Waals surface area (Å²) in [5, 5.41) is 17.4. The Labute approximate surface area is 170 Å². The van der Waals surface area contributed by atoms with Gasteiger partial charge in [0.2, 0.25) is 5.13 Å². The number of ether oxygens (including phenoxy) is 1. The van der Waals surface area contributed by atoms with E-state index in [2.05, 4.69) is 26.1 Å². The van der Waals surface area contributed by atoms with Crippen LogP contribution in [0.4, 0.5) is 9.93 Å². The van der Waals surface area contributed by atoms with Crippen molar-refractivity contribution in [3.63, 3.8) is 0 Å². The van der Waals surface area contributed by atoms with Crippen LogP contribution in [0.3, 0.4) is 0 Å². The number of amides is 2. The molecule has 9 nitrogen and oxygen atoms in total. The van der Waals surface area contributed by atoms with E-state index in [4.69, 9.17) is 9.15 Å². The topological polar surface area (TPSA) is 118 Å². The van der Waals surface area contributed by atoms with Crippen LogP contribution in [0.1, 0.15) is 31.4 Å². The minimum absolute atomic E-state index is 0.225. The van der Waals surface area contributed by atoms with E-state index in [1.807, 2.05) is 6.92 Å². The fourth-order valence-corrected chi connectivity index (χ4v) is 4.42. The van der Waals surface area contributed by atoms with Gasteiger partial charge in [0, 0.05) is 18.0 Å². The highest BCUT2D eigenvalue weighted by molar-refractivity contribution is 8.01. The van der Waals surface area contributed by atoms with Crippen molar-refractivity contribution in [2.75, 3.05) is 24.2 Å². The van der Waals surface area contributed by atoms with Gasteiger partial charge in [-0.1, -0.05) is 23.1 Å². The number of rotatable bonds is 8. The third-order valence-corrected chi connectivity index (χ3v) is 5.81. The summed E-state index contributed by atoms with van der Waals surface area (Å²) in [4.78, 5) is 24.8. The molecule has 1 atom stereocenters. The summed E-state index contributed by atoms with van der Waals surface area (Å²) in [5.41, 5.74) is 0.783. The molecule has 0 saturated heterocycles. The average Bonchev–Trinajstić information content (AvgIpc) is 3.29. The molecule has 28 heavy (non-hydrogen) atoms. The summed E-state index contributed by atoms with van der Waals surface area (Å²) in [6.45, 7) is 6.49. The van der Waals surface area contributed by atoms with Crippen molar-refractivity contribution in [3.05, 3.63) is 34.9 Å². The maximum Gasteiger partial charge on any atom is 0.338 e. The molecular weight excluding hydrogens is 402 g/mol. The average molecular weight is 424 g/mol. The first-order valence-electron chi connectivity index (χ1n) is 8.76. The van der Waals surface area contributed by atoms with Crippen molar-refractivity contribution >= 4 is 40.2 Å². The molecule has 3 N–H and O–H groups in total. The molecule has 3 rings (SSSR count). The Morgan fingerprint density at radius 2 is 2.21 bits per heavy atom. The molecule has 1 aliphatic heterocycles. The number of thioether (sulfide) groups is 1. The van der Waals surface area contributed by atoms with Gasteiger partial charge in [-0.3, -0.25) is 0 Å². The number of urea groups is 1. The van der Waals surface area contributed by atoms with Crippen molar-refractivity contribution < 1.29 is 18.7 Å². The van der Waals surface area contributed by atoms with E-state index in [-0.39, 0.29) is 6.61 Å². The molecule has 2 aromatic heterocycles. The van der Waals surface area contributed by atoms with E-state index < -0.39 is 18.0 Å². The van der Waals surface area contributed by atoms with Crippen LogP contribution in [0.5, 0.6) is 0 Å². The van der Waals surface area contributed by atoms with Crippen molar-refractivity contribution in [1.82, 2.24) is 20.8 Å². The van der Waals surface area contributed by atoms with E-state index in [0.717, 1.165) is 16.0 Å². The Morgan fingerprint density at radius 3 is 2.89 bits per heavy atom. The Morgan fingerprint density at radius 1 is 1.39 bits per heavy atom. The maximum absolute atomic E-state index is 12.6. The molecule has 0 spiro atoms. The van der Waals surface area contributed by atoms with Crippen molar-refractivity contribution in [3.8, 4) is 0 Å². The zero-order valence-electron chi connectivity index (χ0n) is 15.7. The minimum Gasteiger partial charge on any atom is -0.464 e. The largest absolute Gasteiger partial charge is 0.464 e. The Balaban J connectivity index is 1.88. The second-order valence-electron chi connectivity index (χ2n) is 5.78. The van der Waals surface area contributed by atoms with Crippen LogP contribution in [-0.2, 0) is 9.53 Å². The zero-order chi connectivity index (χ0) is 20.1. The van der Waals surface area contributed by atoms with Gasteiger partial charge in [-0.05, 0) is 32.9 Å². The highest BCUT2D eigenvalue weighted by Gasteiger charge is 2.35. The van der Waals surface area contributed by atoms with Crippen molar-refractivity contribution in [2.24, 2.45) is 0 Å². The third kappa shape index (κ3) is 4.65. The quantitative estimate of drug-likeness (QED) is 0.438. The molecular formula is C17H21N5O4S2. The fraction of sp³-hybridized carbons (Fsp3) is 0.412. The summed E-state index contributed by atoms with van der Waals surface area (Å²) in [6.07, 6.45) is 0. The number of hydrogen-bond donors (Lipinski definition) is 3. The van der Waals surface area contributed by atoms with Gasteiger partial charge in [0.05, 0.1) is 12.2 Å².